The number of rotatable bonds is 48. The molecular formula is C57H114N2O. The summed E-state index contributed by atoms with van der Waals surface area (Å²) >= 11 is 0. The number of hydrogen-bond donors (Lipinski definition) is 1. The number of carbonyl (C=O) groups is 1. The van der Waals surface area contributed by atoms with Crippen LogP contribution >= 0.6 is 0 Å². The molecular weight excluding hydrogens is 729 g/mol. The van der Waals surface area contributed by atoms with E-state index in [0.717, 1.165) is 31.6 Å². The van der Waals surface area contributed by atoms with Crippen LogP contribution in [-0.4, -0.2) is 42.4 Å². The van der Waals surface area contributed by atoms with Crippen molar-refractivity contribution in [1.82, 2.24) is 10.2 Å². The Morgan fingerprint density at radius 1 is 0.400 bits per heavy atom. The van der Waals surface area contributed by atoms with Crippen molar-refractivity contribution in [3.63, 3.8) is 0 Å². The van der Waals surface area contributed by atoms with E-state index >= 15 is 0 Å². The zero-order valence-electron chi connectivity index (χ0n) is 42.4. The van der Waals surface area contributed by atoms with Gasteiger partial charge in [0.15, 0.2) is 0 Å². The number of unbranched alkanes of at least 4 members (excludes halogenated alkanes) is 29. The lowest BCUT2D eigenvalue weighted by atomic mass is 9.88. The molecule has 0 radical (unpaired) electrons. The number of nitrogens with zero attached hydrogens (tertiary/aromatic N) is 1. The van der Waals surface area contributed by atoms with Crippen molar-refractivity contribution in [2.24, 2.45) is 11.8 Å². The van der Waals surface area contributed by atoms with Crippen LogP contribution in [0.3, 0.4) is 0 Å². The fraction of sp³-hybridized carbons (Fsp3) is 0.982. The molecule has 3 heteroatoms. The van der Waals surface area contributed by atoms with Gasteiger partial charge in [-0.05, 0) is 51.0 Å². The first-order chi connectivity index (χ1) is 29.6. The molecule has 358 valence electrons. The van der Waals surface area contributed by atoms with Gasteiger partial charge in [0.25, 0.3) is 0 Å². The van der Waals surface area contributed by atoms with Gasteiger partial charge in [-0.1, -0.05) is 272 Å². The van der Waals surface area contributed by atoms with Crippen molar-refractivity contribution in [1.29, 1.82) is 0 Å². The molecule has 2 atom stereocenters. The molecule has 60 heavy (non-hydrogen) atoms. The van der Waals surface area contributed by atoms with Crippen molar-refractivity contribution in [2.45, 2.75) is 329 Å². The van der Waals surface area contributed by atoms with Crippen molar-refractivity contribution in [2.75, 3.05) is 19.6 Å². The maximum atomic E-state index is 13.3. The smallest absolute Gasteiger partial charge is 0.135 e. The first-order valence-electron chi connectivity index (χ1n) is 28.6. The Labute approximate surface area is 380 Å². The number of piperazine rings is 1. The van der Waals surface area contributed by atoms with Crippen LogP contribution in [0.15, 0.2) is 0 Å². The zero-order valence-corrected chi connectivity index (χ0v) is 42.4. The monoisotopic (exact) mass is 843 g/mol. The molecule has 0 saturated carbocycles. The minimum Gasteiger partial charge on any atom is -0.309 e. The van der Waals surface area contributed by atoms with Gasteiger partial charge in [-0.15, -0.1) is 0 Å². The third-order valence-electron chi connectivity index (χ3n) is 14.6. The van der Waals surface area contributed by atoms with Crippen LogP contribution < -0.4 is 5.32 Å². The highest BCUT2D eigenvalue weighted by atomic mass is 16.1. The second-order valence-corrected chi connectivity index (χ2v) is 20.6. The van der Waals surface area contributed by atoms with Crippen molar-refractivity contribution in [3.8, 4) is 0 Å². The summed E-state index contributed by atoms with van der Waals surface area (Å²) in [6, 6.07) is 1.37. The Morgan fingerprint density at radius 3 is 1.08 bits per heavy atom. The van der Waals surface area contributed by atoms with Gasteiger partial charge in [-0.25, -0.2) is 0 Å². The molecule has 0 aromatic rings. The van der Waals surface area contributed by atoms with Crippen molar-refractivity contribution < 1.29 is 4.79 Å². The number of Topliss-reactive ketones (excluding diaryl/α,β-unsaturated/α-hetero) is 1. The molecule has 0 spiro atoms. The van der Waals surface area contributed by atoms with Crippen molar-refractivity contribution in [3.05, 3.63) is 0 Å². The number of hydrogen-bond acceptors (Lipinski definition) is 3. The number of nitrogens with one attached hydrogen (secondary N) is 1. The van der Waals surface area contributed by atoms with Gasteiger partial charge in [0.2, 0.25) is 0 Å². The van der Waals surface area contributed by atoms with E-state index in [-0.39, 0.29) is 0 Å². The lowest BCUT2D eigenvalue weighted by Gasteiger charge is -2.39. The summed E-state index contributed by atoms with van der Waals surface area (Å²) in [5, 5.41) is 4.14. The van der Waals surface area contributed by atoms with Gasteiger partial charge in [-0.2, -0.15) is 0 Å². The van der Waals surface area contributed by atoms with Gasteiger partial charge >= 0.3 is 0 Å². The second kappa shape index (κ2) is 45.2. The molecule has 1 fully saturated rings. The number of ketones is 1. The first-order valence-corrected chi connectivity index (χ1v) is 28.6. The summed E-state index contributed by atoms with van der Waals surface area (Å²) in [6.07, 6.45) is 60.0. The second-order valence-electron chi connectivity index (χ2n) is 20.6. The van der Waals surface area contributed by atoms with Crippen LogP contribution in [0.4, 0.5) is 0 Å². The number of carbonyl (C=O) groups excluding carboxylic acids is 1. The zero-order chi connectivity index (χ0) is 43.4. The van der Waals surface area contributed by atoms with Gasteiger partial charge in [-0.3, -0.25) is 4.79 Å². The lowest BCUT2D eigenvalue weighted by molar-refractivity contribution is -0.123. The summed E-state index contributed by atoms with van der Waals surface area (Å²) in [5.41, 5.74) is 0. The molecule has 0 bridgehead atoms. The maximum absolute atomic E-state index is 13.3. The Kier molecular flexibility index (Phi) is 43.4. The molecule has 1 aliphatic heterocycles. The summed E-state index contributed by atoms with van der Waals surface area (Å²) in [6.45, 7) is 15.4. The van der Waals surface area contributed by atoms with E-state index in [2.05, 4.69) is 44.8 Å². The molecule has 3 nitrogen and oxygen atoms in total. The van der Waals surface area contributed by atoms with Crippen LogP contribution in [0, 0.1) is 11.8 Å². The largest absolute Gasteiger partial charge is 0.309 e. The van der Waals surface area contributed by atoms with E-state index in [1.165, 1.54) is 276 Å². The summed E-state index contributed by atoms with van der Waals surface area (Å²) in [4.78, 5) is 16.1. The Hall–Kier alpha value is -0.410. The first kappa shape index (κ1) is 57.6. The third-order valence-corrected chi connectivity index (χ3v) is 14.6. The molecule has 2 unspecified atom stereocenters. The fourth-order valence-electron chi connectivity index (χ4n) is 10.6. The van der Waals surface area contributed by atoms with E-state index in [9.17, 15) is 4.79 Å². The van der Waals surface area contributed by atoms with Gasteiger partial charge in [0, 0.05) is 37.5 Å². The lowest BCUT2D eigenvalue weighted by Crippen LogP contribution is -2.56. The van der Waals surface area contributed by atoms with Crippen LogP contribution in [0.1, 0.15) is 317 Å². The minimum absolute atomic E-state index is 0.350. The van der Waals surface area contributed by atoms with E-state index in [4.69, 9.17) is 0 Å². The SMILES string of the molecule is CCCCCCCCC(CCCCCCCC)CCCCCCCC1CN(CCC)CC(CCCCCCCCC(=O)C(CCCCCCCC)CCCCCCCC)N1. The van der Waals surface area contributed by atoms with Gasteiger partial charge in [0.05, 0.1) is 0 Å². The summed E-state index contributed by atoms with van der Waals surface area (Å²) in [7, 11) is 0. The highest BCUT2D eigenvalue weighted by Gasteiger charge is 2.25. The molecule has 1 aliphatic rings. The average molecular weight is 844 g/mol. The van der Waals surface area contributed by atoms with E-state index in [0.29, 0.717) is 23.8 Å². The van der Waals surface area contributed by atoms with E-state index in [1.54, 1.807) is 0 Å². The van der Waals surface area contributed by atoms with Crippen LogP contribution in [0.5, 0.6) is 0 Å². The van der Waals surface area contributed by atoms with Crippen LogP contribution in [0.2, 0.25) is 0 Å². The molecule has 0 aromatic carbocycles. The average Bonchev–Trinajstić information content (AvgIpc) is 3.25. The van der Waals surface area contributed by atoms with Crippen LogP contribution in [-0.2, 0) is 4.79 Å². The van der Waals surface area contributed by atoms with Gasteiger partial charge in [0.1, 0.15) is 5.78 Å². The predicted molar refractivity (Wildman–Crippen MR) is 271 cm³/mol. The standard InChI is InChI=1S/C57H114N2O/c1-6-11-15-19-26-34-42-53(43-35-27-20-16-12-7-2)44-36-28-25-32-40-48-56-52-59(50-10-5)51-55(58-56)47-39-31-23-24-33-41-49-57(60)54(45-37-29-21-17-13-8-3)46-38-30-22-18-14-9-4/h53-56,58H,6-52H2,1-5H3. The molecule has 1 rings (SSSR count). The normalized spacial score (nSPS) is 16.2. The molecule has 1 saturated heterocycles. The molecule has 0 aromatic heterocycles. The maximum Gasteiger partial charge on any atom is 0.135 e. The summed E-state index contributed by atoms with van der Waals surface area (Å²) in [5.74, 6) is 1.96. The van der Waals surface area contributed by atoms with E-state index in [1.807, 2.05) is 0 Å². The van der Waals surface area contributed by atoms with E-state index < -0.39 is 0 Å². The topological polar surface area (TPSA) is 32.3 Å². The molecule has 1 heterocycles. The molecule has 0 amide bonds. The molecule has 1 N–H and O–H groups in total. The Morgan fingerprint density at radius 2 is 0.717 bits per heavy atom. The highest BCUT2D eigenvalue weighted by Crippen LogP contribution is 2.26. The summed E-state index contributed by atoms with van der Waals surface area (Å²) < 4.78 is 0. The van der Waals surface area contributed by atoms with Gasteiger partial charge < -0.3 is 10.2 Å². The Balaban J connectivity index is 2.29. The molecule has 0 aliphatic carbocycles. The predicted octanol–water partition coefficient (Wildman–Crippen LogP) is 18.7. The highest BCUT2D eigenvalue weighted by molar-refractivity contribution is 5.80. The van der Waals surface area contributed by atoms with Crippen LogP contribution in [0.25, 0.3) is 0 Å². The quantitative estimate of drug-likeness (QED) is 0.0620. The third kappa shape index (κ3) is 36.0. The minimum atomic E-state index is 0.350. The van der Waals surface area contributed by atoms with Crippen molar-refractivity contribution >= 4 is 5.78 Å². The fourth-order valence-corrected chi connectivity index (χ4v) is 10.6. The Bertz CT molecular complexity index is 827.